The van der Waals surface area contributed by atoms with Gasteiger partial charge >= 0.3 is 6.36 Å². The Balaban J connectivity index is 1.69. The van der Waals surface area contributed by atoms with Gasteiger partial charge < -0.3 is 10.1 Å². The summed E-state index contributed by atoms with van der Waals surface area (Å²) < 4.78 is 41.9. The lowest BCUT2D eigenvalue weighted by molar-refractivity contribution is -0.274. The third kappa shape index (κ3) is 5.64. The summed E-state index contributed by atoms with van der Waals surface area (Å²) in [6.07, 6.45) is -3.52. The molecule has 0 fully saturated rings. The van der Waals surface area contributed by atoms with Crippen LogP contribution in [0.4, 0.5) is 18.9 Å². The van der Waals surface area contributed by atoms with Crippen LogP contribution in [0.2, 0.25) is 0 Å². The van der Waals surface area contributed by atoms with Gasteiger partial charge in [0.05, 0.1) is 12.1 Å². The molecule has 3 rings (SSSR count). The highest BCUT2D eigenvalue weighted by molar-refractivity contribution is 6.03. The summed E-state index contributed by atoms with van der Waals surface area (Å²) in [6.45, 7) is 1.33. The van der Waals surface area contributed by atoms with Gasteiger partial charge in [-0.1, -0.05) is 0 Å². The molecule has 0 saturated carbocycles. The molecule has 150 valence electrons. The number of carbonyl (C=O) groups is 2. The molecule has 0 aliphatic carbocycles. The molecule has 0 bridgehead atoms. The van der Waals surface area contributed by atoms with Crippen LogP contribution in [0.1, 0.15) is 13.3 Å². The molecule has 0 aliphatic rings. The molecule has 1 heterocycles. The minimum absolute atomic E-state index is 0.194. The zero-order chi connectivity index (χ0) is 21.0. The highest BCUT2D eigenvalue weighted by Gasteiger charge is 2.31. The van der Waals surface area contributed by atoms with Crippen molar-refractivity contribution in [3.05, 3.63) is 54.9 Å². The molecule has 10 heteroatoms. The number of ketones is 1. The van der Waals surface area contributed by atoms with Crippen LogP contribution < -0.4 is 10.1 Å². The number of hydrogen-bond donors (Lipinski definition) is 1. The van der Waals surface area contributed by atoms with Gasteiger partial charge in [0.1, 0.15) is 17.9 Å². The Hall–Kier alpha value is -3.69. The van der Waals surface area contributed by atoms with Gasteiger partial charge in [-0.3, -0.25) is 9.59 Å². The van der Waals surface area contributed by atoms with E-state index in [4.69, 9.17) is 0 Å². The third-order valence-corrected chi connectivity index (χ3v) is 3.66. The van der Waals surface area contributed by atoms with E-state index in [-0.39, 0.29) is 18.0 Å². The molecule has 1 aromatic heterocycles. The van der Waals surface area contributed by atoms with Gasteiger partial charge in [-0.2, -0.15) is 0 Å². The van der Waals surface area contributed by atoms with Crippen molar-refractivity contribution in [2.24, 2.45) is 0 Å². The first-order chi connectivity index (χ1) is 13.7. The van der Waals surface area contributed by atoms with Gasteiger partial charge in [0.25, 0.3) is 0 Å². The lowest BCUT2D eigenvalue weighted by atomic mass is 10.2. The van der Waals surface area contributed by atoms with Gasteiger partial charge in [-0.05, 0) is 55.5 Å². The molecule has 0 unspecified atom stereocenters. The van der Waals surface area contributed by atoms with Crippen LogP contribution in [0, 0.1) is 0 Å². The Morgan fingerprint density at radius 3 is 2.31 bits per heavy atom. The van der Waals surface area contributed by atoms with E-state index in [2.05, 4.69) is 20.1 Å². The lowest BCUT2D eigenvalue weighted by Crippen LogP contribution is -2.17. The Kier molecular flexibility index (Phi) is 5.62. The predicted molar refractivity (Wildman–Crippen MR) is 97.4 cm³/mol. The Bertz CT molecular complexity index is 1010. The van der Waals surface area contributed by atoms with Crippen LogP contribution in [-0.4, -0.2) is 32.8 Å². The van der Waals surface area contributed by atoms with Crippen molar-refractivity contribution in [1.29, 1.82) is 0 Å². The van der Waals surface area contributed by atoms with Gasteiger partial charge in [0.15, 0.2) is 5.82 Å². The number of hydrogen-bond acceptors (Lipinski definition) is 5. The summed E-state index contributed by atoms with van der Waals surface area (Å²) in [5, 5.41) is 6.90. The molecular weight excluding hydrogens is 389 g/mol. The quantitative estimate of drug-likeness (QED) is 0.633. The normalized spacial score (nSPS) is 11.2. The van der Waals surface area contributed by atoms with E-state index in [9.17, 15) is 22.8 Å². The molecule has 0 saturated heterocycles. The summed E-state index contributed by atoms with van der Waals surface area (Å²) in [5.41, 5.74) is 1.71. The first-order valence-electron chi connectivity index (χ1n) is 8.37. The number of amides is 1. The number of benzene rings is 2. The summed E-state index contributed by atoms with van der Waals surface area (Å²) in [6, 6.07) is 11.9. The van der Waals surface area contributed by atoms with E-state index in [0.717, 1.165) is 0 Å². The molecule has 0 radical (unpaired) electrons. The fourth-order valence-electron chi connectivity index (χ4n) is 2.45. The van der Waals surface area contributed by atoms with Crippen molar-refractivity contribution in [1.82, 2.24) is 14.8 Å². The predicted octanol–water partition coefficient (Wildman–Crippen LogP) is 3.75. The lowest BCUT2D eigenvalue weighted by Gasteiger charge is -2.09. The van der Waals surface area contributed by atoms with E-state index in [1.165, 1.54) is 42.2 Å². The van der Waals surface area contributed by atoms with Crippen LogP contribution in [0.3, 0.4) is 0 Å². The molecule has 0 aliphatic heterocycles. The molecule has 2 aromatic carbocycles. The molecular formula is C19H15F3N4O3. The zero-order valence-corrected chi connectivity index (χ0v) is 15.1. The van der Waals surface area contributed by atoms with E-state index in [1.807, 2.05) is 0 Å². The van der Waals surface area contributed by atoms with Crippen molar-refractivity contribution in [3.63, 3.8) is 0 Å². The van der Waals surface area contributed by atoms with Crippen LogP contribution in [0.5, 0.6) is 5.75 Å². The number of rotatable bonds is 6. The second kappa shape index (κ2) is 8.13. The number of Topliss-reactive ketones (excluding diaryl/α,β-unsaturated/α-hetero) is 1. The second-order valence-corrected chi connectivity index (χ2v) is 6.06. The van der Waals surface area contributed by atoms with Crippen molar-refractivity contribution in [3.8, 4) is 22.8 Å². The molecule has 0 spiro atoms. The Labute approximate surface area is 163 Å². The van der Waals surface area contributed by atoms with Gasteiger partial charge in [-0.25, -0.2) is 9.67 Å². The van der Waals surface area contributed by atoms with Crippen LogP contribution in [-0.2, 0) is 9.59 Å². The topological polar surface area (TPSA) is 86.1 Å². The first-order valence-corrected chi connectivity index (χ1v) is 8.37. The maximum atomic E-state index is 12.2. The molecule has 1 N–H and O–H groups in total. The molecule has 0 atom stereocenters. The van der Waals surface area contributed by atoms with Crippen LogP contribution in [0.25, 0.3) is 17.1 Å². The number of ether oxygens (including phenoxy) is 1. The highest BCUT2D eigenvalue weighted by atomic mass is 19.4. The van der Waals surface area contributed by atoms with Gasteiger partial charge in [0, 0.05) is 11.3 Å². The zero-order valence-electron chi connectivity index (χ0n) is 15.1. The van der Waals surface area contributed by atoms with E-state index in [0.29, 0.717) is 22.8 Å². The fourth-order valence-corrected chi connectivity index (χ4v) is 2.45. The Morgan fingerprint density at radius 1 is 1.07 bits per heavy atom. The SMILES string of the molecule is CC(=O)CC(=O)Nc1ccc(-c2ncn(-c3ccc(OC(F)(F)F)cc3)n2)cc1. The number of halogens is 3. The molecule has 7 nitrogen and oxygen atoms in total. The van der Waals surface area contributed by atoms with Crippen molar-refractivity contribution in [2.45, 2.75) is 19.7 Å². The maximum absolute atomic E-state index is 12.2. The van der Waals surface area contributed by atoms with Gasteiger partial charge in [-0.15, -0.1) is 18.3 Å². The molecule has 1 amide bonds. The highest BCUT2D eigenvalue weighted by Crippen LogP contribution is 2.24. The first kappa shape index (κ1) is 20.1. The van der Waals surface area contributed by atoms with E-state index in [1.54, 1.807) is 24.3 Å². The minimum Gasteiger partial charge on any atom is -0.406 e. The second-order valence-electron chi connectivity index (χ2n) is 6.06. The number of carbonyl (C=O) groups excluding carboxylic acids is 2. The number of alkyl halides is 3. The third-order valence-electron chi connectivity index (χ3n) is 3.66. The summed E-state index contributed by atoms with van der Waals surface area (Å²) >= 11 is 0. The smallest absolute Gasteiger partial charge is 0.406 e. The van der Waals surface area contributed by atoms with E-state index < -0.39 is 12.3 Å². The van der Waals surface area contributed by atoms with Crippen molar-refractivity contribution in [2.75, 3.05) is 5.32 Å². The summed E-state index contributed by atoms with van der Waals surface area (Å²) in [7, 11) is 0. The minimum atomic E-state index is -4.75. The maximum Gasteiger partial charge on any atom is 0.573 e. The van der Waals surface area contributed by atoms with Crippen molar-refractivity contribution < 1.29 is 27.5 Å². The average molecular weight is 404 g/mol. The number of nitrogens with one attached hydrogen (secondary N) is 1. The molecule has 3 aromatic rings. The van der Waals surface area contributed by atoms with Crippen LogP contribution in [0.15, 0.2) is 54.9 Å². The molecule has 29 heavy (non-hydrogen) atoms. The monoisotopic (exact) mass is 404 g/mol. The van der Waals surface area contributed by atoms with Gasteiger partial charge in [0.2, 0.25) is 5.91 Å². The van der Waals surface area contributed by atoms with Crippen molar-refractivity contribution >= 4 is 17.4 Å². The fraction of sp³-hybridized carbons (Fsp3) is 0.158. The number of aromatic nitrogens is 3. The summed E-state index contributed by atoms with van der Waals surface area (Å²) in [4.78, 5) is 26.7. The Morgan fingerprint density at radius 2 is 1.72 bits per heavy atom. The average Bonchev–Trinajstić information content (AvgIpc) is 3.11. The number of anilines is 1. The van der Waals surface area contributed by atoms with E-state index >= 15 is 0 Å². The number of nitrogens with zero attached hydrogens (tertiary/aromatic N) is 3. The largest absolute Gasteiger partial charge is 0.573 e. The summed E-state index contributed by atoms with van der Waals surface area (Å²) in [5.74, 6) is -0.566. The standard InChI is InChI=1S/C19H15F3N4O3/c1-12(27)10-17(28)24-14-4-2-13(3-5-14)18-23-11-26(25-18)15-6-8-16(9-7-15)29-19(20,21)22/h2-9,11H,10H2,1H3,(H,24,28). The van der Waals surface area contributed by atoms with Crippen LogP contribution >= 0.6 is 0 Å².